The molecule has 0 radical (unpaired) electrons. The Bertz CT molecular complexity index is 620. The zero-order chi connectivity index (χ0) is 16.5. The number of hydrogen-bond acceptors (Lipinski definition) is 2. The van der Waals surface area contributed by atoms with Gasteiger partial charge in [0, 0.05) is 24.8 Å². The van der Waals surface area contributed by atoms with Gasteiger partial charge in [0.2, 0.25) is 0 Å². The van der Waals surface area contributed by atoms with Crippen LogP contribution < -0.4 is 10.6 Å². The fourth-order valence-electron chi connectivity index (χ4n) is 2.18. The Morgan fingerprint density at radius 2 is 2.00 bits per heavy atom. The summed E-state index contributed by atoms with van der Waals surface area (Å²) in [6.45, 7) is 8.87. The van der Waals surface area contributed by atoms with Crippen molar-refractivity contribution in [3.63, 3.8) is 0 Å². The summed E-state index contributed by atoms with van der Waals surface area (Å²) in [5.74, 6) is 1.45. The minimum Gasteiger partial charge on any atom is -0.357 e. The molecule has 2 aromatic rings. The van der Waals surface area contributed by atoms with E-state index in [1.807, 2.05) is 24.4 Å². The van der Waals surface area contributed by atoms with E-state index >= 15 is 0 Å². The molecule has 0 spiro atoms. The van der Waals surface area contributed by atoms with Crippen molar-refractivity contribution in [3.05, 3.63) is 54.2 Å². The summed E-state index contributed by atoms with van der Waals surface area (Å²) in [4.78, 5) is 9.07. The summed E-state index contributed by atoms with van der Waals surface area (Å²) in [5, 5.41) is 6.64. The highest BCUT2D eigenvalue weighted by Gasteiger charge is 2.02. The van der Waals surface area contributed by atoms with Gasteiger partial charge in [0.05, 0.1) is 12.2 Å². The normalized spacial score (nSPS) is 11.6. The largest absolute Gasteiger partial charge is 0.357 e. The molecule has 1 heterocycles. The minimum atomic E-state index is 0.589. The number of aliphatic imine (C=N–C) groups is 1. The van der Waals surface area contributed by atoms with E-state index in [0.29, 0.717) is 12.5 Å². The summed E-state index contributed by atoms with van der Waals surface area (Å²) < 4.78 is 0. The van der Waals surface area contributed by atoms with Gasteiger partial charge >= 0.3 is 0 Å². The van der Waals surface area contributed by atoms with E-state index in [-0.39, 0.29) is 0 Å². The van der Waals surface area contributed by atoms with E-state index < -0.39 is 0 Å². The van der Waals surface area contributed by atoms with Crippen molar-refractivity contribution in [3.8, 4) is 11.3 Å². The highest BCUT2D eigenvalue weighted by molar-refractivity contribution is 5.79. The van der Waals surface area contributed by atoms with Crippen LogP contribution in [0.15, 0.2) is 53.7 Å². The van der Waals surface area contributed by atoms with Crippen molar-refractivity contribution in [1.82, 2.24) is 15.6 Å². The molecule has 0 aliphatic rings. The van der Waals surface area contributed by atoms with Gasteiger partial charge in [-0.2, -0.15) is 0 Å². The predicted molar refractivity (Wildman–Crippen MR) is 97.3 cm³/mol. The van der Waals surface area contributed by atoms with Gasteiger partial charge in [-0.15, -0.1) is 0 Å². The van der Waals surface area contributed by atoms with E-state index in [9.17, 15) is 0 Å². The minimum absolute atomic E-state index is 0.589. The molecule has 0 atom stereocenters. The van der Waals surface area contributed by atoms with Crippen LogP contribution >= 0.6 is 0 Å². The molecule has 122 valence electrons. The topological polar surface area (TPSA) is 49.3 Å². The molecule has 1 aromatic heterocycles. The second-order valence-corrected chi connectivity index (χ2v) is 5.89. The van der Waals surface area contributed by atoms with Crippen molar-refractivity contribution >= 4 is 5.96 Å². The van der Waals surface area contributed by atoms with Crippen molar-refractivity contribution in [2.75, 3.05) is 13.1 Å². The lowest BCUT2D eigenvalue weighted by Crippen LogP contribution is -2.39. The standard InChI is InChI=1S/C19H26N4/c1-4-20-19(22-13-15(2)3)23-14-16-8-7-9-17(12-16)18-10-5-6-11-21-18/h5-12,15H,4,13-14H2,1-3H3,(H2,20,22,23). The molecule has 0 unspecified atom stereocenters. The second kappa shape index (κ2) is 8.93. The molecule has 2 rings (SSSR count). The maximum Gasteiger partial charge on any atom is 0.191 e. The van der Waals surface area contributed by atoms with Gasteiger partial charge in [-0.25, -0.2) is 4.99 Å². The smallest absolute Gasteiger partial charge is 0.191 e. The van der Waals surface area contributed by atoms with Crippen LogP contribution in [0.5, 0.6) is 0 Å². The third-order valence-electron chi connectivity index (χ3n) is 3.33. The highest BCUT2D eigenvalue weighted by atomic mass is 15.2. The first-order valence-corrected chi connectivity index (χ1v) is 8.21. The Morgan fingerprint density at radius 1 is 1.13 bits per heavy atom. The van der Waals surface area contributed by atoms with Crippen molar-refractivity contribution in [1.29, 1.82) is 0 Å². The van der Waals surface area contributed by atoms with Crippen molar-refractivity contribution < 1.29 is 0 Å². The number of benzene rings is 1. The van der Waals surface area contributed by atoms with E-state index in [2.05, 4.69) is 65.6 Å². The van der Waals surface area contributed by atoms with Crippen LogP contribution in [0.2, 0.25) is 0 Å². The van der Waals surface area contributed by atoms with E-state index in [1.54, 1.807) is 0 Å². The SMILES string of the molecule is CCNC(=NCc1cccc(-c2ccccn2)c1)NCC(C)C. The molecule has 0 bridgehead atoms. The second-order valence-electron chi connectivity index (χ2n) is 5.89. The molecule has 4 heteroatoms. The first-order valence-electron chi connectivity index (χ1n) is 8.21. The lowest BCUT2D eigenvalue weighted by molar-refractivity contribution is 0.615. The molecule has 0 aliphatic carbocycles. The maximum absolute atomic E-state index is 4.66. The Labute approximate surface area is 139 Å². The Kier molecular flexibility index (Phi) is 6.60. The number of aromatic nitrogens is 1. The Hall–Kier alpha value is -2.36. The fraction of sp³-hybridized carbons (Fsp3) is 0.368. The lowest BCUT2D eigenvalue weighted by Gasteiger charge is -2.13. The predicted octanol–water partition coefficient (Wildman–Crippen LogP) is 3.46. The average molecular weight is 310 g/mol. The van der Waals surface area contributed by atoms with Crippen LogP contribution in [-0.2, 0) is 6.54 Å². The zero-order valence-electron chi connectivity index (χ0n) is 14.2. The summed E-state index contributed by atoms with van der Waals surface area (Å²) in [6.07, 6.45) is 1.82. The molecule has 2 N–H and O–H groups in total. The van der Waals surface area contributed by atoms with Crippen LogP contribution in [0.3, 0.4) is 0 Å². The van der Waals surface area contributed by atoms with Crippen LogP contribution in [0.1, 0.15) is 26.3 Å². The van der Waals surface area contributed by atoms with Crippen LogP contribution in [-0.4, -0.2) is 24.0 Å². The zero-order valence-corrected chi connectivity index (χ0v) is 14.2. The maximum atomic E-state index is 4.66. The highest BCUT2D eigenvalue weighted by Crippen LogP contribution is 2.18. The molecule has 1 aromatic carbocycles. The quantitative estimate of drug-likeness (QED) is 0.634. The molecule has 0 saturated carbocycles. The summed E-state index contributed by atoms with van der Waals surface area (Å²) in [6, 6.07) is 14.4. The summed E-state index contributed by atoms with van der Waals surface area (Å²) >= 11 is 0. The summed E-state index contributed by atoms with van der Waals surface area (Å²) in [5.41, 5.74) is 3.29. The molecular formula is C19H26N4. The van der Waals surface area contributed by atoms with Gasteiger partial charge < -0.3 is 10.6 Å². The number of nitrogens with one attached hydrogen (secondary N) is 2. The number of nitrogens with zero attached hydrogens (tertiary/aromatic N) is 2. The lowest BCUT2D eigenvalue weighted by atomic mass is 10.1. The van der Waals surface area contributed by atoms with Crippen molar-refractivity contribution in [2.45, 2.75) is 27.3 Å². The fourth-order valence-corrected chi connectivity index (χ4v) is 2.18. The first-order chi connectivity index (χ1) is 11.2. The van der Waals surface area contributed by atoms with Crippen LogP contribution in [0.4, 0.5) is 0 Å². The number of pyridine rings is 1. The molecule has 0 saturated heterocycles. The first kappa shape index (κ1) is 17.0. The van der Waals surface area contributed by atoms with Gasteiger partial charge in [0.15, 0.2) is 5.96 Å². The van der Waals surface area contributed by atoms with Crippen LogP contribution in [0, 0.1) is 5.92 Å². The molecule has 0 aliphatic heterocycles. The monoisotopic (exact) mass is 310 g/mol. The molecule has 0 fully saturated rings. The van der Waals surface area contributed by atoms with Gasteiger partial charge in [0.1, 0.15) is 0 Å². The van der Waals surface area contributed by atoms with Gasteiger partial charge in [-0.05, 0) is 36.6 Å². The third-order valence-corrected chi connectivity index (χ3v) is 3.33. The summed E-state index contributed by atoms with van der Waals surface area (Å²) in [7, 11) is 0. The van der Waals surface area contributed by atoms with Gasteiger partial charge in [-0.1, -0.05) is 38.1 Å². The molecule has 23 heavy (non-hydrogen) atoms. The van der Waals surface area contributed by atoms with E-state index in [4.69, 9.17) is 0 Å². The van der Waals surface area contributed by atoms with Gasteiger partial charge in [0.25, 0.3) is 0 Å². The average Bonchev–Trinajstić information content (AvgIpc) is 2.58. The Balaban J connectivity index is 2.08. The van der Waals surface area contributed by atoms with Crippen molar-refractivity contribution in [2.24, 2.45) is 10.9 Å². The Morgan fingerprint density at radius 3 is 2.70 bits per heavy atom. The number of hydrogen-bond donors (Lipinski definition) is 2. The molecule has 4 nitrogen and oxygen atoms in total. The van der Waals surface area contributed by atoms with Crippen LogP contribution in [0.25, 0.3) is 11.3 Å². The number of rotatable bonds is 6. The van der Waals surface area contributed by atoms with E-state index in [0.717, 1.165) is 30.3 Å². The van der Waals surface area contributed by atoms with E-state index in [1.165, 1.54) is 5.56 Å². The van der Waals surface area contributed by atoms with Gasteiger partial charge in [-0.3, -0.25) is 4.98 Å². The third kappa shape index (κ3) is 5.74. The molecular weight excluding hydrogens is 284 g/mol. The molecule has 0 amide bonds. The number of guanidine groups is 1.